The van der Waals surface area contributed by atoms with E-state index in [0.29, 0.717) is 0 Å². The molecule has 0 bridgehead atoms. The van der Waals surface area contributed by atoms with Crippen molar-refractivity contribution in [2.75, 3.05) is 13.1 Å². The van der Waals surface area contributed by atoms with Gasteiger partial charge in [-0.2, -0.15) is 0 Å². The highest BCUT2D eigenvalue weighted by atomic mass is 16.3. The van der Waals surface area contributed by atoms with Crippen molar-refractivity contribution >= 4 is 5.91 Å². The van der Waals surface area contributed by atoms with Gasteiger partial charge in [0.25, 0.3) is 0 Å². The summed E-state index contributed by atoms with van der Waals surface area (Å²) >= 11 is 0. The first-order valence-corrected chi connectivity index (χ1v) is 6.12. The molecule has 1 fully saturated rings. The van der Waals surface area contributed by atoms with Gasteiger partial charge in [0, 0.05) is 19.0 Å². The lowest BCUT2D eigenvalue weighted by molar-refractivity contribution is -0.137. The van der Waals surface area contributed by atoms with Gasteiger partial charge in [0.15, 0.2) is 0 Å². The summed E-state index contributed by atoms with van der Waals surface area (Å²) in [4.78, 5) is 13.9. The molecule has 1 amide bonds. The van der Waals surface area contributed by atoms with Gasteiger partial charge >= 0.3 is 0 Å². The van der Waals surface area contributed by atoms with Crippen LogP contribution < -0.4 is 0 Å². The number of hydrogen-bond donors (Lipinski definition) is 1. The Morgan fingerprint density at radius 3 is 2.60 bits per heavy atom. The van der Waals surface area contributed by atoms with Crippen molar-refractivity contribution < 1.29 is 9.90 Å². The van der Waals surface area contributed by atoms with Crippen molar-refractivity contribution in [1.29, 1.82) is 0 Å². The fraction of sp³-hybridized carbons (Fsp3) is 0.917. The first-order valence-electron chi connectivity index (χ1n) is 6.12. The number of aliphatic hydroxyl groups excluding tert-OH is 1. The molecule has 1 atom stereocenters. The number of aliphatic hydroxyl groups is 1. The van der Waals surface area contributed by atoms with Gasteiger partial charge in [-0.1, -0.05) is 26.7 Å². The normalized spacial score (nSPS) is 20.3. The number of nitrogens with zero attached hydrogens (tertiary/aromatic N) is 1. The molecule has 88 valence electrons. The van der Waals surface area contributed by atoms with Crippen molar-refractivity contribution in [1.82, 2.24) is 4.90 Å². The molecule has 0 aromatic heterocycles. The van der Waals surface area contributed by atoms with Crippen molar-refractivity contribution in [3.05, 3.63) is 0 Å². The van der Waals surface area contributed by atoms with Crippen LogP contribution >= 0.6 is 0 Å². The third kappa shape index (κ3) is 3.82. The van der Waals surface area contributed by atoms with E-state index in [9.17, 15) is 9.90 Å². The molecule has 1 aliphatic heterocycles. The standard InChI is InChI=1S/C12H23NO2/c1-3-4-5-10(2)12(15)13-8-6-11(14)7-9-13/h10-11,14H,3-9H2,1-2H3. The molecule has 1 aliphatic rings. The van der Waals surface area contributed by atoms with Crippen LogP contribution in [0.4, 0.5) is 0 Å². The molecule has 0 spiro atoms. The van der Waals surface area contributed by atoms with Crippen LogP contribution in [0.25, 0.3) is 0 Å². The maximum Gasteiger partial charge on any atom is 0.225 e. The SMILES string of the molecule is CCCCC(C)C(=O)N1CCC(O)CC1. The first kappa shape index (κ1) is 12.5. The van der Waals surface area contributed by atoms with Gasteiger partial charge < -0.3 is 10.0 Å². The molecule has 0 saturated carbocycles. The quantitative estimate of drug-likeness (QED) is 0.773. The maximum absolute atomic E-state index is 12.0. The summed E-state index contributed by atoms with van der Waals surface area (Å²) in [6.07, 6.45) is 4.56. The number of carbonyl (C=O) groups excluding carboxylic acids is 1. The van der Waals surface area contributed by atoms with Crippen molar-refractivity contribution in [2.24, 2.45) is 5.92 Å². The summed E-state index contributed by atoms with van der Waals surface area (Å²) in [6, 6.07) is 0. The lowest BCUT2D eigenvalue weighted by Crippen LogP contribution is -2.42. The van der Waals surface area contributed by atoms with Gasteiger partial charge in [-0.3, -0.25) is 4.79 Å². The van der Waals surface area contributed by atoms with E-state index in [1.54, 1.807) is 0 Å². The van der Waals surface area contributed by atoms with Crippen LogP contribution in [0.2, 0.25) is 0 Å². The van der Waals surface area contributed by atoms with Crippen LogP contribution in [0.3, 0.4) is 0 Å². The lowest BCUT2D eigenvalue weighted by Gasteiger charge is -2.31. The van der Waals surface area contributed by atoms with Gasteiger partial charge in [-0.05, 0) is 19.3 Å². The predicted molar refractivity (Wildman–Crippen MR) is 60.5 cm³/mol. The number of piperidine rings is 1. The van der Waals surface area contributed by atoms with Crippen LogP contribution in [0.15, 0.2) is 0 Å². The first-order chi connectivity index (χ1) is 7.15. The molecule has 0 aromatic rings. The number of amides is 1. The van der Waals surface area contributed by atoms with Crippen molar-refractivity contribution in [3.63, 3.8) is 0 Å². The second-order valence-electron chi connectivity index (χ2n) is 4.60. The predicted octanol–water partition coefficient (Wildman–Crippen LogP) is 1.80. The van der Waals surface area contributed by atoms with Crippen LogP contribution in [-0.2, 0) is 4.79 Å². The average molecular weight is 213 g/mol. The van der Waals surface area contributed by atoms with E-state index in [0.717, 1.165) is 45.2 Å². The van der Waals surface area contributed by atoms with E-state index in [1.165, 1.54) is 0 Å². The third-order valence-electron chi connectivity index (χ3n) is 3.19. The fourth-order valence-corrected chi connectivity index (χ4v) is 2.03. The summed E-state index contributed by atoms with van der Waals surface area (Å²) < 4.78 is 0. The molecule has 3 nitrogen and oxygen atoms in total. The summed E-state index contributed by atoms with van der Waals surface area (Å²) in [5.41, 5.74) is 0. The van der Waals surface area contributed by atoms with Gasteiger partial charge in [0.2, 0.25) is 5.91 Å². The number of carbonyl (C=O) groups is 1. The average Bonchev–Trinajstić information content (AvgIpc) is 2.26. The number of likely N-dealkylation sites (tertiary alicyclic amines) is 1. The third-order valence-corrected chi connectivity index (χ3v) is 3.19. The Hall–Kier alpha value is -0.570. The van der Waals surface area contributed by atoms with Crippen molar-refractivity contribution in [2.45, 2.75) is 52.1 Å². The molecule has 1 rings (SSSR count). The second kappa shape index (κ2) is 6.11. The zero-order valence-corrected chi connectivity index (χ0v) is 9.91. The summed E-state index contributed by atoms with van der Waals surface area (Å²) in [6.45, 7) is 5.63. The van der Waals surface area contributed by atoms with E-state index in [2.05, 4.69) is 6.92 Å². The van der Waals surface area contributed by atoms with Crippen LogP contribution in [-0.4, -0.2) is 35.1 Å². The molecular formula is C12H23NO2. The zero-order valence-electron chi connectivity index (χ0n) is 9.91. The minimum Gasteiger partial charge on any atom is -0.393 e. The van der Waals surface area contributed by atoms with E-state index in [-0.39, 0.29) is 17.9 Å². The number of rotatable bonds is 4. The summed E-state index contributed by atoms with van der Waals surface area (Å²) in [5.74, 6) is 0.426. The fourth-order valence-electron chi connectivity index (χ4n) is 2.03. The van der Waals surface area contributed by atoms with Gasteiger partial charge in [-0.15, -0.1) is 0 Å². The highest BCUT2D eigenvalue weighted by molar-refractivity contribution is 5.78. The van der Waals surface area contributed by atoms with Crippen molar-refractivity contribution in [3.8, 4) is 0 Å². The highest BCUT2D eigenvalue weighted by Gasteiger charge is 2.24. The Balaban J connectivity index is 2.32. The molecule has 1 heterocycles. The largest absolute Gasteiger partial charge is 0.393 e. The van der Waals surface area contributed by atoms with E-state index < -0.39 is 0 Å². The zero-order chi connectivity index (χ0) is 11.3. The van der Waals surface area contributed by atoms with Gasteiger partial charge in [-0.25, -0.2) is 0 Å². The molecule has 1 saturated heterocycles. The van der Waals surface area contributed by atoms with E-state index >= 15 is 0 Å². The Labute approximate surface area is 92.5 Å². The Bertz CT molecular complexity index is 198. The smallest absolute Gasteiger partial charge is 0.225 e. The monoisotopic (exact) mass is 213 g/mol. The summed E-state index contributed by atoms with van der Waals surface area (Å²) in [7, 11) is 0. The second-order valence-corrected chi connectivity index (χ2v) is 4.60. The summed E-state index contributed by atoms with van der Waals surface area (Å²) in [5, 5.41) is 9.35. The molecule has 1 unspecified atom stereocenters. The van der Waals surface area contributed by atoms with Gasteiger partial charge in [0.05, 0.1) is 6.10 Å². The molecule has 0 aliphatic carbocycles. The Kier molecular flexibility index (Phi) is 5.09. The minimum absolute atomic E-state index is 0.153. The highest BCUT2D eigenvalue weighted by Crippen LogP contribution is 2.16. The van der Waals surface area contributed by atoms with Crippen LogP contribution in [0.5, 0.6) is 0 Å². The minimum atomic E-state index is -0.194. The molecule has 0 aromatic carbocycles. The molecule has 3 heteroatoms. The molecular weight excluding hydrogens is 190 g/mol. The number of hydrogen-bond acceptors (Lipinski definition) is 2. The van der Waals surface area contributed by atoms with Crippen LogP contribution in [0.1, 0.15) is 46.0 Å². The van der Waals surface area contributed by atoms with E-state index in [1.807, 2.05) is 11.8 Å². The molecule has 1 N–H and O–H groups in total. The van der Waals surface area contributed by atoms with E-state index in [4.69, 9.17) is 0 Å². The molecule has 0 radical (unpaired) electrons. The van der Waals surface area contributed by atoms with Gasteiger partial charge in [0.1, 0.15) is 0 Å². The topological polar surface area (TPSA) is 40.5 Å². The lowest BCUT2D eigenvalue weighted by atomic mass is 10.0. The Morgan fingerprint density at radius 1 is 1.47 bits per heavy atom. The molecule has 15 heavy (non-hydrogen) atoms. The van der Waals surface area contributed by atoms with Crippen LogP contribution in [0, 0.1) is 5.92 Å². The number of unbranched alkanes of at least 4 members (excludes halogenated alkanes) is 1. The maximum atomic E-state index is 12.0. The Morgan fingerprint density at radius 2 is 2.07 bits per heavy atom.